The van der Waals surface area contributed by atoms with Gasteiger partial charge in [0.25, 0.3) is 0 Å². The number of nitrogens with one attached hydrogen (secondary N) is 1. The highest BCUT2D eigenvalue weighted by atomic mass is 16.7. The normalized spacial score (nSPS) is 11.8. The van der Waals surface area contributed by atoms with Gasteiger partial charge in [-0.1, -0.05) is 0 Å². The number of benzene rings is 2. The smallest absolute Gasteiger partial charge is 0.231 e. The number of anilines is 1. The fourth-order valence-corrected chi connectivity index (χ4v) is 2.19. The number of nitrogens with zero attached hydrogens (tertiary/aromatic N) is 1. The van der Waals surface area contributed by atoms with Gasteiger partial charge in [0, 0.05) is 23.9 Å². The van der Waals surface area contributed by atoms with Crippen molar-refractivity contribution in [3.8, 4) is 23.3 Å². The van der Waals surface area contributed by atoms with E-state index >= 15 is 0 Å². The van der Waals surface area contributed by atoms with Gasteiger partial charge >= 0.3 is 0 Å². The van der Waals surface area contributed by atoms with Gasteiger partial charge in [0.05, 0.1) is 18.7 Å². The number of hydrogen-bond donors (Lipinski definition) is 1. The fourth-order valence-electron chi connectivity index (χ4n) is 2.19. The molecule has 2 aromatic rings. The zero-order valence-corrected chi connectivity index (χ0v) is 11.6. The van der Waals surface area contributed by atoms with E-state index in [0.717, 1.165) is 28.5 Å². The Morgan fingerprint density at radius 1 is 1.19 bits per heavy atom. The molecule has 5 heteroatoms. The van der Waals surface area contributed by atoms with Crippen LogP contribution in [0.1, 0.15) is 11.1 Å². The fraction of sp³-hybridized carbons (Fsp3) is 0.188. The second kappa shape index (κ2) is 5.63. The molecule has 1 N–H and O–H groups in total. The summed E-state index contributed by atoms with van der Waals surface area (Å²) in [6.45, 7) is 0.815. The zero-order valence-electron chi connectivity index (χ0n) is 11.6. The molecule has 0 radical (unpaired) electrons. The van der Waals surface area contributed by atoms with E-state index < -0.39 is 0 Å². The van der Waals surface area contributed by atoms with Crippen molar-refractivity contribution in [2.75, 3.05) is 19.2 Å². The molecule has 1 aliphatic heterocycles. The molecule has 0 amide bonds. The number of fused-ring (bicyclic) bond motifs is 1. The largest absolute Gasteiger partial charge is 0.496 e. The van der Waals surface area contributed by atoms with Gasteiger partial charge in [-0.2, -0.15) is 5.26 Å². The summed E-state index contributed by atoms with van der Waals surface area (Å²) >= 11 is 0. The Labute approximate surface area is 122 Å². The number of nitriles is 1. The Morgan fingerprint density at radius 2 is 2.05 bits per heavy atom. The van der Waals surface area contributed by atoms with Gasteiger partial charge in [0.1, 0.15) is 5.75 Å². The highest BCUT2D eigenvalue weighted by molar-refractivity contribution is 5.56. The van der Waals surface area contributed by atoms with E-state index in [1.54, 1.807) is 19.2 Å². The number of rotatable bonds is 4. The van der Waals surface area contributed by atoms with Crippen LogP contribution in [0.15, 0.2) is 36.4 Å². The lowest BCUT2D eigenvalue weighted by Gasteiger charge is -2.11. The van der Waals surface area contributed by atoms with Crippen molar-refractivity contribution in [2.45, 2.75) is 6.54 Å². The molecule has 0 bridgehead atoms. The van der Waals surface area contributed by atoms with Crippen LogP contribution in [0.4, 0.5) is 5.69 Å². The molecule has 1 heterocycles. The van der Waals surface area contributed by atoms with Gasteiger partial charge < -0.3 is 19.5 Å². The molecule has 0 fully saturated rings. The highest BCUT2D eigenvalue weighted by Crippen LogP contribution is 2.34. The summed E-state index contributed by atoms with van der Waals surface area (Å²) in [5, 5.41) is 12.3. The Balaban J connectivity index is 1.77. The van der Waals surface area contributed by atoms with Crippen molar-refractivity contribution in [3.63, 3.8) is 0 Å². The van der Waals surface area contributed by atoms with E-state index in [2.05, 4.69) is 11.4 Å². The highest BCUT2D eigenvalue weighted by Gasteiger charge is 2.13. The molecule has 3 rings (SSSR count). The molecule has 0 saturated heterocycles. The molecule has 0 unspecified atom stereocenters. The molecule has 0 saturated carbocycles. The van der Waals surface area contributed by atoms with Crippen molar-refractivity contribution in [2.24, 2.45) is 0 Å². The van der Waals surface area contributed by atoms with Crippen LogP contribution in [-0.4, -0.2) is 13.9 Å². The molecule has 0 spiro atoms. The number of hydrogen-bond acceptors (Lipinski definition) is 5. The Kier molecular flexibility index (Phi) is 3.52. The van der Waals surface area contributed by atoms with E-state index in [0.29, 0.717) is 12.1 Å². The van der Waals surface area contributed by atoms with Crippen LogP contribution in [0.25, 0.3) is 0 Å². The van der Waals surface area contributed by atoms with Crippen LogP contribution >= 0.6 is 0 Å². The summed E-state index contributed by atoms with van der Waals surface area (Å²) in [6.07, 6.45) is 0. The van der Waals surface area contributed by atoms with Crippen molar-refractivity contribution in [1.82, 2.24) is 0 Å². The van der Waals surface area contributed by atoms with Crippen LogP contribution in [-0.2, 0) is 6.54 Å². The summed E-state index contributed by atoms with van der Waals surface area (Å²) in [7, 11) is 1.62. The molecule has 0 aromatic heterocycles. The molecule has 1 aliphatic rings. The quantitative estimate of drug-likeness (QED) is 0.934. The minimum atomic E-state index is 0.261. The minimum absolute atomic E-state index is 0.261. The molecule has 2 aromatic carbocycles. The molecule has 5 nitrogen and oxygen atoms in total. The lowest BCUT2D eigenvalue weighted by Crippen LogP contribution is -2.02. The van der Waals surface area contributed by atoms with Gasteiger partial charge in [-0.3, -0.25) is 0 Å². The van der Waals surface area contributed by atoms with E-state index in [-0.39, 0.29) is 6.79 Å². The first kappa shape index (κ1) is 13.1. The predicted molar refractivity (Wildman–Crippen MR) is 77.6 cm³/mol. The summed E-state index contributed by atoms with van der Waals surface area (Å²) in [4.78, 5) is 0. The topological polar surface area (TPSA) is 63.5 Å². The first-order valence-electron chi connectivity index (χ1n) is 6.50. The molecule has 106 valence electrons. The average Bonchev–Trinajstić information content (AvgIpc) is 3.00. The Morgan fingerprint density at radius 3 is 2.86 bits per heavy atom. The second-order valence-electron chi connectivity index (χ2n) is 4.56. The van der Waals surface area contributed by atoms with Crippen molar-refractivity contribution < 1.29 is 14.2 Å². The van der Waals surface area contributed by atoms with E-state index in [9.17, 15) is 0 Å². The molecular weight excluding hydrogens is 268 g/mol. The van der Waals surface area contributed by atoms with Gasteiger partial charge in [-0.25, -0.2) is 0 Å². The summed E-state index contributed by atoms with van der Waals surface area (Å²) in [5.41, 5.74) is 2.45. The second-order valence-corrected chi connectivity index (χ2v) is 4.56. The maximum absolute atomic E-state index is 8.98. The first-order chi connectivity index (χ1) is 10.3. The molecular formula is C16H14N2O3. The van der Waals surface area contributed by atoms with Gasteiger partial charge in [-0.15, -0.1) is 0 Å². The lowest BCUT2D eigenvalue weighted by atomic mass is 10.1. The van der Waals surface area contributed by atoms with Crippen LogP contribution in [0, 0.1) is 11.3 Å². The van der Waals surface area contributed by atoms with Crippen molar-refractivity contribution in [3.05, 3.63) is 47.5 Å². The molecule has 21 heavy (non-hydrogen) atoms. The number of methoxy groups -OCH3 is 1. The van der Waals surface area contributed by atoms with Gasteiger partial charge in [0.2, 0.25) is 6.79 Å². The van der Waals surface area contributed by atoms with E-state index in [1.165, 1.54) is 0 Å². The third kappa shape index (κ3) is 2.70. The van der Waals surface area contributed by atoms with Crippen LogP contribution in [0.3, 0.4) is 0 Å². The Bertz CT molecular complexity index is 707. The van der Waals surface area contributed by atoms with Gasteiger partial charge in [-0.05, 0) is 30.3 Å². The maximum atomic E-state index is 8.98. The van der Waals surface area contributed by atoms with Gasteiger partial charge in [0.15, 0.2) is 11.5 Å². The summed E-state index contributed by atoms with van der Waals surface area (Å²) in [6, 6.07) is 13.2. The lowest BCUT2D eigenvalue weighted by molar-refractivity contribution is 0.174. The third-order valence-electron chi connectivity index (χ3n) is 3.27. The van der Waals surface area contributed by atoms with E-state index in [1.807, 2.05) is 24.3 Å². The zero-order chi connectivity index (χ0) is 14.7. The van der Waals surface area contributed by atoms with Crippen LogP contribution < -0.4 is 19.5 Å². The molecule has 0 atom stereocenters. The monoisotopic (exact) mass is 282 g/mol. The SMILES string of the molecule is COc1ccc(C#N)cc1CNc1ccc2c(c1)OCO2. The van der Waals surface area contributed by atoms with Crippen LogP contribution in [0.2, 0.25) is 0 Å². The summed E-state index contributed by atoms with van der Waals surface area (Å²) < 4.78 is 15.9. The minimum Gasteiger partial charge on any atom is -0.496 e. The molecule has 0 aliphatic carbocycles. The third-order valence-corrected chi connectivity index (χ3v) is 3.27. The first-order valence-corrected chi connectivity index (χ1v) is 6.50. The predicted octanol–water partition coefficient (Wildman–Crippen LogP) is 2.91. The summed E-state index contributed by atoms with van der Waals surface area (Å²) in [5.74, 6) is 2.24. The van der Waals surface area contributed by atoms with Crippen molar-refractivity contribution >= 4 is 5.69 Å². The van der Waals surface area contributed by atoms with Crippen LogP contribution in [0.5, 0.6) is 17.2 Å². The standard InChI is InChI=1S/C16H14N2O3/c1-19-14-4-2-11(8-17)6-12(14)9-18-13-3-5-15-16(7-13)21-10-20-15/h2-7,18H,9-10H2,1H3. The average molecular weight is 282 g/mol. The van der Waals surface area contributed by atoms with Crippen molar-refractivity contribution in [1.29, 1.82) is 5.26 Å². The Hall–Kier alpha value is -2.87. The maximum Gasteiger partial charge on any atom is 0.231 e. The van der Waals surface area contributed by atoms with E-state index in [4.69, 9.17) is 19.5 Å². The number of ether oxygens (including phenoxy) is 3.